The molecular weight excluding hydrogens is 264 g/mol. The second kappa shape index (κ2) is 5.26. The lowest BCUT2D eigenvalue weighted by atomic mass is 9.94. The monoisotopic (exact) mass is 286 g/mol. The van der Waals surface area contributed by atoms with Gasteiger partial charge in [0, 0.05) is 31.0 Å². The minimum atomic E-state index is 0.539. The van der Waals surface area contributed by atoms with Crippen LogP contribution in [0.4, 0.5) is 5.82 Å². The minimum absolute atomic E-state index is 0.539. The van der Waals surface area contributed by atoms with Gasteiger partial charge >= 0.3 is 0 Å². The van der Waals surface area contributed by atoms with E-state index in [4.69, 9.17) is 0 Å². The predicted molar refractivity (Wildman–Crippen MR) is 81.5 cm³/mol. The molecule has 1 N–H and O–H groups in total. The number of nitrogens with one attached hydrogen (secondary N) is 1. The quantitative estimate of drug-likeness (QED) is 0.907. The van der Waals surface area contributed by atoms with Gasteiger partial charge in [0.15, 0.2) is 5.82 Å². The Bertz CT molecular complexity index is 630. The number of aromatic nitrogens is 4. The molecule has 2 aliphatic rings. The van der Waals surface area contributed by atoms with E-state index in [1.54, 1.807) is 0 Å². The molecule has 2 aliphatic heterocycles. The number of aryl methyl sites for hydroxylation is 1. The van der Waals surface area contributed by atoms with Crippen LogP contribution in [0.1, 0.15) is 37.9 Å². The van der Waals surface area contributed by atoms with Crippen LogP contribution in [0.15, 0.2) is 12.4 Å². The summed E-state index contributed by atoms with van der Waals surface area (Å²) < 4.78 is 2.04. The second-order valence-electron chi connectivity index (χ2n) is 6.15. The van der Waals surface area contributed by atoms with Gasteiger partial charge in [-0.1, -0.05) is 0 Å². The van der Waals surface area contributed by atoms with E-state index in [9.17, 15) is 0 Å². The average molecular weight is 286 g/mol. The van der Waals surface area contributed by atoms with Crippen molar-refractivity contribution in [1.29, 1.82) is 0 Å². The molecule has 2 saturated heterocycles. The van der Waals surface area contributed by atoms with Crippen molar-refractivity contribution in [2.45, 2.75) is 51.1 Å². The molecule has 21 heavy (non-hydrogen) atoms. The van der Waals surface area contributed by atoms with E-state index in [2.05, 4.69) is 25.4 Å². The van der Waals surface area contributed by atoms with Crippen molar-refractivity contribution in [2.24, 2.45) is 0 Å². The van der Waals surface area contributed by atoms with Crippen molar-refractivity contribution < 1.29 is 0 Å². The summed E-state index contributed by atoms with van der Waals surface area (Å²) in [6.07, 6.45) is 10.2. The molecule has 6 heteroatoms. The topological polar surface area (TPSA) is 58.4 Å². The summed E-state index contributed by atoms with van der Waals surface area (Å²) in [5, 5.41) is 12.2. The van der Waals surface area contributed by atoms with E-state index in [1.807, 2.05) is 23.7 Å². The molecule has 4 rings (SSSR count). The fourth-order valence-corrected chi connectivity index (χ4v) is 3.81. The Morgan fingerprint density at radius 2 is 2.14 bits per heavy atom. The molecule has 2 fully saturated rings. The van der Waals surface area contributed by atoms with Crippen LogP contribution in [0.3, 0.4) is 0 Å². The second-order valence-corrected chi connectivity index (χ2v) is 6.15. The fourth-order valence-electron chi connectivity index (χ4n) is 3.81. The highest BCUT2D eigenvalue weighted by atomic mass is 15.3. The molecule has 0 amide bonds. The predicted octanol–water partition coefficient (Wildman–Crippen LogP) is 1.54. The van der Waals surface area contributed by atoms with Crippen molar-refractivity contribution in [3.8, 4) is 0 Å². The zero-order chi connectivity index (χ0) is 14.2. The molecule has 0 radical (unpaired) electrons. The lowest BCUT2D eigenvalue weighted by Gasteiger charge is -2.40. The van der Waals surface area contributed by atoms with Gasteiger partial charge in [0.05, 0.1) is 0 Å². The van der Waals surface area contributed by atoms with Crippen molar-refractivity contribution in [3.05, 3.63) is 18.2 Å². The van der Waals surface area contributed by atoms with Gasteiger partial charge in [0.25, 0.3) is 0 Å². The van der Waals surface area contributed by atoms with Gasteiger partial charge in [0.1, 0.15) is 5.82 Å². The Kier molecular flexibility index (Phi) is 3.25. The van der Waals surface area contributed by atoms with E-state index in [0.717, 1.165) is 30.4 Å². The summed E-state index contributed by atoms with van der Waals surface area (Å²) in [5.74, 6) is 1.91. The lowest BCUT2D eigenvalue weighted by Crippen LogP contribution is -2.50. The Hall–Kier alpha value is -1.69. The van der Waals surface area contributed by atoms with Crippen LogP contribution in [0.5, 0.6) is 0 Å². The fraction of sp³-hybridized carbons (Fsp3) is 0.667. The molecule has 112 valence electrons. The van der Waals surface area contributed by atoms with Crippen LogP contribution in [-0.2, 0) is 0 Å². The highest BCUT2D eigenvalue weighted by Crippen LogP contribution is 2.30. The molecule has 0 aliphatic carbocycles. The molecule has 0 saturated carbocycles. The zero-order valence-corrected chi connectivity index (χ0v) is 12.5. The van der Waals surface area contributed by atoms with Crippen LogP contribution in [0, 0.1) is 6.92 Å². The first-order valence-corrected chi connectivity index (χ1v) is 8.01. The third kappa shape index (κ3) is 2.18. The minimum Gasteiger partial charge on any atom is -0.349 e. The SMILES string of the molecule is Cc1nnc2c(N3CCCCC3C3CCCN3)nccn12. The third-order valence-electron chi connectivity index (χ3n) is 4.86. The molecule has 0 aromatic carbocycles. The molecule has 2 aromatic heterocycles. The number of hydrogen-bond acceptors (Lipinski definition) is 5. The van der Waals surface area contributed by atoms with E-state index in [1.165, 1.54) is 32.1 Å². The third-order valence-corrected chi connectivity index (χ3v) is 4.86. The number of anilines is 1. The standard InChI is InChI=1S/C15H22N6/c1-11-18-19-15-14(17-8-10-20(11)15)21-9-3-2-6-13(21)12-5-4-7-16-12/h8,10,12-13,16H,2-7,9H2,1H3. The summed E-state index contributed by atoms with van der Waals surface area (Å²) in [7, 11) is 0. The number of hydrogen-bond donors (Lipinski definition) is 1. The van der Waals surface area contributed by atoms with E-state index < -0.39 is 0 Å². The first-order chi connectivity index (χ1) is 10.3. The summed E-state index contributed by atoms with van der Waals surface area (Å²) in [4.78, 5) is 7.11. The summed E-state index contributed by atoms with van der Waals surface area (Å²) >= 11 is 0. The lowest BCUT2D eigenvalue weighted by molar-refractivity contribution is 0.376. The van der Waals surface area contributed by atoms with Gasteiger partial charge in [0.2, 0.25) is 5.65 Å². The van der Waals surface area contributed by atoms with Crippen LogP contribution >= 0.6 is 0 Å². The first kappa shape index (κ1) is 13.0. The summed E-state index contributed by atoms with van der Waals surface area (Å²) in [5.41, 5.74) is 0.889. The van der Waals surface area contributed by atoms with Gasteiger partial charge in [-0.15, -0.1) is 10.2 Å². The smallest absolute Gasteiger partial charge is 0.203 e. The summed E-state index contributed by atoms with van der Waals surface area (Å²) in [6, 6.07) is 1.13. The number of piperidine rings is 1. The normalized spacial score (nSPS) is 26.6. The molecule has 2 aromatic rings. The van der Waals surface area contributed by atoms with Gasteiger partial charge in [-0.2, -0.15) is 0 Å². The van der Waals surface area contributed by atoms with Crippen molar-refractivity contribution in [1.82, 2.24) is 24.9 Å². The summed E-state index contributed by atoms with van der Waals surface area (Å²) in [6.45, 7) is 4.20. The number of nitrogens with zero attached hydrogens (tertiary/aromatic N) is 5. The van der Waals surface area contributed by atoms with E-state index in [0.29, 0.717) is 12.1 Å². The van der Waals surface area contributed by atoms with Gasteiger partial charge < -0.3 is 10.2 Å². The molecule has 2 atom stereocenters. The van der Waals surface area contributed by atoms with Crippen molar-refractivity contribution in [3.63, 3.8) is 0 Å². The van der Waals surface area contributed by atoms with Gasteiger partial charge in [-0.25, -0.2) is 4.98 Å². The molecular formula is C15H22N6. The van der Waals surface area contributed by atoms with Crippen molar-refractivity contribution >= 4 is 11.5 Å². The molecule has 6 nitrogen and oxygen atoms in total. The van der Waals surface area contributed by atoms with Crippen LogP contribution in [0.25, 0.3) is 5.65 Å². The van der Waals surface area contributed by atoms with E-state index >= 15 is 0 Å². The van der Waals surface area contributed by atoms with Gasteiger partial charge in [-0.05, 0) is 45.6 Å². The zero-order valence-electron chi connectivity index (χ0n) is 12.5. The molecule has 0 bridgehead atoms. The Morgan fingerprint density at radius 3 is 3.00 bits per heavy atom. The molecule has 2 unspecified atom stereocenters. The number of fused-ring (bicyclic) bond motifs is 1. The van der Waals surface area contributed by atoms with E-state index in [-0.39, 0.29) is 0 Å². The highest BCUT2D eigenvalue weighted by molar-refractivity contribution is 5.64. The molecule has 4 heterocycles. The average Bonchev–Trinajstić information content (AvgIpc) is 3.18. The first-order valence-electron chi connectivity index (χ1n) is 8.01. The van der Waals surface area contributed by atoms with Crippen LogP contribution in [-0.4, -0.2) is 44.8 Å². The number of rotatable bonds is 2. The highest BCUT2D eigenvalue weighted by Gasteiger charge is 2.33. The maximum absolute atomic E-state index is 4.64. The molecule has 0 spiro atoms. The van der Waals surface area contributed by atoms with Crippen molar-refractivity contribution in [2.75, 3.05) is 18.0 Å². The van der Waals surface area contributed by atoms with Crippen LogP contribution in [0.2, 0.25) is 0 Å². The maximum atomic E-state index is 4.64. The Labute approximate surface area is 124 Å². The Balaban J connectivity index is 1.74. The van der Waals surface area contributed by atoms with Crippen LogP contribution < -0.4 is 10.2 Å². The van der Waals surface area contributed by atoms with Gasteiger partial charge in [-0.3, -0.25) is 4.40 Å². The Morgan fingerprint density at radius 1 is 1.19 bits per heavy atom. The largest absolute Gasteiger partial charge is 0.349 e. The maximum Gasteiger partial charge on any atom is 0.203 e.